The van der Waals surface area contributed by atoms with Crippen molar-refractivity contribution in [2.75, 3.05) is 4.90 Å². The number of aryl methyl sites for hydroxylation is 1. The molecule has 0 radical (unpaired) electrons. The summed E-state index contributed by atoms with van der Waals surface area (Å²) >= 11 is 6.23. The average molecular weight is 272 g/mol. The van der Waals surface area contributed by atoms with Gasteiger partial charge >= 0.3 is 0 Å². The van der Waals surface area contributed by atoms with Gasteiger partial charge < -0.3 is 4.90 Å². The van der Waals surface area contributed by atoms with Gasteiger partial charge in [-0.05, 0) is 30.2 Å². The predicted molar refractivity (Wildman–Crippen MR) is 77.5 cm³/mol. The van der Waals surface area contributed by atoms with E-state index in [1.54, 1.807) is 4.90 Å². The second kappa shape index (κ2) is 4.71. The van der Waals surface area contributed by atoms with Gasteiger partial charge in [-0.15, -0.1) is 11.6 Å². The zero-order valence-electron chi connectivity index (χ0n) is 10.6. The standard InChI is InChI=1S/C16H14ClNO/c1-11-7-5-6-10-13(11)15-14(17)16(19)18(15)12-8-3-2-4-9-12/h2-10,14-15H,1H3/t14-,15-/m1/s1. The van der Waals surface area contributed by atoms with Gasteiger partial charge in [-0.25, -0.2) is 0 Å². The number of carbonyl (C=O) groups is 1. The minimum absolute atomic E-state index is 0.0267. The fourth-order valence-electron chi connectivity index (χ4n) is 2.55. The first-order valence-electron chi connectivity index (χ1n) is 6.28. The summed E-state index contributed by atoms with van der Waals surface area (Å²) in [6, 6.07) is 17.7. The molecule has 19 heavy (non-hydrogen) atoms. The summed E-state index contributed by atoms with van der Waals surface area (Å²) in [5.74, 6) is -0.0267. The molecule has 1 saturated heterocycles. The smallest absolute Gasteiger partial charge is 0.248 e. The normalized spacial score (nSPS) is 22.2. The third-order valence-corrected chi connectivity index (χ3v) is 4.00. The fraction of sp³-hybridized carbons (Fsp3) is 0.188. The first-order valence-corrected chi connectivity index (χ1v) is 6.71. The van der Waals surface area contributed by atoms with Crippen LogP contribution in [0.3, 0.4) is 0 Å². The molecule has 1 aliphatic rings. The molecule has 2 atom stereocenters. The van der Waals surface area contributed by atoms with Gasteiger partial charge in [0.15, 0.2) is 0 Å². The number of alkyl halides is 1. The minimum Gasteiger partial charge on any atom is -0.302 e. The second-order valence-electron chi connectivity index (χ2n) is 4.75. The highest BCUT2D eigenvalue weighted by atomic mass is 35.5. The van der Waals surface area contributed by atoms with Crippen LogP contribution in [0.1, 0.15) is 17.2 Å². The molecule has 0 N–H and O–H groups in total. The summed E-state index contributed by atoms with van der Waals surface area (Å²) in [4.78, 5) is 13.8. The summed E-state index contributed by atoms with van der Waals surface area (Å²) < 4.78 is 0. The lowest BCUT2D eigenvalue weighted by molar-refractivity contribution is -0.123. The number of rotatable bonds is 2. The van der Waals surface area contributed by atoms with Crippen molar-refractivity contribution in [1.29, 1.82) is 0 Å². The highest BCUT2D eigenvalue weighted by Gasteiger charge is 2.48. The van der Waals surface area contributed by atoms with Crippen LogP contribution in [0.4, 0.5) is 5.69 Å². The Morgan fingerprint density at radius 2 is 1.63 bits per heavy atom. The van der Waals surface area contributed by atoms with Gasteiger partial charge in [-0.1, -0.05) is 42.5 Å². The van der Waals surface area contributed by atoms with Crippen LogP contribution in [0, 0.1) is 6.92 Å². The molecule has 2 aromatic carbocycles. The van der Waals surface area contributed by atoms with Gasteiger partial charge in [0, 0.05) is 5.69 Å². The number of anilines is 1. The van der Waals surface area contributed by atoms with Crippen LogP contribution < -0.4 is 4.90 Å². The molecule has 3 rings (SSSR count). The van der Waals surface area contributed by atoms with Crippen molar-refractivity contribution in [2.45, 2.75) is 18.3 Å². The van der Waals surface area contributed by atoms with E-state index < -0.39 is 5.38 Å². The van der Waals surface area contributed by atoms with Gasteiger partial charge in [-0.3, -0.25) is 4.79 Å². The van der Waals surface area contributed by atoms with Crippen LogP contribution in [0.15, 0.2) is 54.6 Å². The molecule has 0 bridgehead atoms. The van der Waals surface area contributed by atoms with Gasteiger partial charge in [0.05, 0.1) is 6.04 Å². The summed E-state index contributed by atoms with van der Waals surface area (Å²) in [6.45, 7) is 2.05. The average Bonchev–Trinajstić information content (AvgIpc) is 2.46. The van der Waals surface area contributed by atoms with E-state index in [1.165, 1.54) is 0 Å². The number of hydrogen-bond donors (Lipinski definition) is 0. The first-order chi connectivity index (χ1) is 9.20. The Hall–Kier alpha value is -1.80. The Morgan fingerprint density at radius 3 is 2.32 bits per heavy atom. The zero-order chi connectivity index (χ0) is 13.4. The van der Waals surface area contributed by atoms with Crippen LogP contribution in [0.2, 0.25) is 0 Å². The van der Waals surface area contributed by atoms with Gasteiger partial charge in [0.1, 0.15) is 5.38 Å². The SMILES string of the molecule is Cc1ccccc1[C@@H]1[C@@H](Cl)C(=O)N1c1ccccc1. The Labute approximate surface area is 117 Å². The van der Waals surface area contributed by atoms with Crippen molar-refractivity contribution in [3.8, 4) is 0 Å². The number of halogens is 1. The highest BCUT2D eigenvalue weighted by molar-refractivity contribution is 6.37. The van der Waals surface area contributed by atoms with Crippen LogP contribution in [0.25, 0.3) is 0 Å². The topological polar surface area (TPSA) is 20.3 Å². The summed E-state index contributed by atoms with van der Waals surface area (Å²) in [5.41, 5.74) is 3.18. The van der Waals surface area contributed by atoms with Crippen molar-refractivity contribution >= 4 is 23.2 Å². The molecule has 1 heterocycles. The number of nitrogens with zero attached hydrogens (tertiary/aromatic N) is 1. The number of amides is 1. The van der Waals surface area contributed by atoms with E-state index in [-0.39, 0.29) is 11.9 Å². The maximum Gasteiger partial charge on any atom is 0.248 e. The zero-order valence-corrected chi connectivity index (χ0v) is 11.3. The molecule has 0 aromatic heterocycles. The third kappa shape index (κ3) is 1.92. The molecule has 0 saturated carbocycles. The van der Waals surface area contributed by atoms with E-state index >= 15 is 0 Å². The first kappa shape index (κ1) is 12.2. The minimum atomic E-state index is -0.471. The molecule has 3 heteroatoms. The van der Waals surface area contributed by atoms with E-state index in [0.29, 0.717) is 0 Å². The molecule has 2 nitrogen and oxygen atoms in total. The number of benzene rings is 2. The van der Waals surface area contributed by atoms with Crippen molar-refractivity contribution in [2.24, 2.45) is 0 Å². The lowest BCUT2D eigenvalue weighted by atomic mass is 9.89. The fourth-order valence-corrected chi connectivity index (χ4v) is 2.90. The molecule has 1 aliphatic heterocycles. The molecule has 2 aromatic rings. The van der Waals surface area contributed by atoms with Crippen molar-refractivity contribution in [1.82, 2.24) is 0 Å². The summed E-state index contributed by atoms with van der Waals surface area (Å²) in [5, 5.41) is -0.471. The molecule has 0 aliphatic carbocycles. The highest BCUT2D eigenvalue weighted by Crippen LogP contribution is 2.42. The summed E-state index contributed by atoms with van der Waals surface area (Å²) in [7, 11) is 0. The van der Waals surface area contributed by atoms with Gasteiger partial charge in [0.25, 0.3) is 0 Å². The maximum absolute atomic E-state index is 12.1. The Balaban J connectivity index is 2.01. The van der Waals surface area contributed by atoms with Crippen LogP contribution in [-0.4, -0.2) is 11.3 Å². The van der Waals surface area contributed by atoms with Gasteiger partial charge in [-0.2, -0.15) is 0 Å². The monoisotopic (exact) mass is 271 g/mol. The van der Waals surface area contributed by atoms with Crippen molar-refractivity contribution in [3.05, 3.63) is 65.7 Å². The van der Waals surface area contributed by atoms with Crippen molar-refractivity contribution in [3.63, 3.8) is 0 Å². The van der Waals surface area contributed by atoms with E-state index in [1.807, 2.05) is 61.5 Å². The molecule has 0 spiro atoms. The Bertz CT molecular complexity index is 611. The third-order valence-electron chi connectivity index (χ3n) is 3.57. The van der Waals surface area contributed by atoms with E-state index in [4.69, 9.17) is 11.6 Å². The molecule has 1 fully saturated rings. The maximum atomic E-state index is 12.1. The van der Waals surface area contributed by atoms with Crippen LogP contribution >= 0.6 is 11.6 Å². The quantitative estimate of drug-likeness (QED) is 0.603. The largest absolute Gasteiger partial charge is 0.302 e. The van der Waals surface area contributed by atoms with Crippen LogP contribution in [0.5, 0.6) is 0 Å². The molecule has 0 unspecified atom stereocenters. The van der Waals surface area contributed by atoms with Gasteiger partial charge in [0.2, 0.25) is 5.91 Å². The number of carbonyl (C=O) groups excluding carboxylic acids is 1. The van der Waals surface area contributed by atoms with Crippen molar-refractivity contribution < 1.29 is 4.79 Å². The van der Waals surface area contributed by atoms with E-state index in [0.717, 1.165) is 16.8 Å². The number of para-hydroxylation sites is 1. The Kier molecular flexibility index (Phi) is 3.03. The number of hydrogen-bond acceptors (Lipinski definition) is 1. The second-order valence-corrected chi connectivity index (χ2v) is 5.22. The lowest BCUT2D eigenvalue weighted by Crippen LogP contribution is -2.56. The lowest BCUT2D eigenvalue weighted by Gasteiger charge is -2.45. The molecular formula is C16H14ClNO. The number of β-lactam (4-membered cyclic amide) rings is 1. The predicted octanol–water partition coefficient (Wildman–Crippen LogP) is 3.69. The molecule has 1 amide bonds. The van der Waals surface area contributed by atoms with Crippen LogP contribution in [-0.2, 0) is 4.79 Å². The molecular weight excluding hydrogens is 258 g/mol. The van der Waals surface area contributed by atoms with E-state index in [9.17, 15) is 4.79 Å². The molecule has 96 valence electrons. The summed E-state index contributed by atoms with van der Waals surface area (Å²) in [6.07, 6.45) is 0. The Morgan fingerprint density at radius 1 is 1.00 bits per heavy atom. The van der Waals surface area contributed by atoms with E-state index in [2.05, 4.69) is 0 Å².